The molecule has 2 aromatic heterocycles. The Balaban J connectivity index is 1.71. The van der Waals surface area contributed by atoms with Crippen molar-refractivity contribution >= 4 is 21.8 Å². The first kappa shape index (κ1) is 23.6. The molecule has 4 aromatic carbocycles. The van der Waals surface area contributed by atoms with Gasteiger partial charge in [0.15, 0.2) is 5.82 Å². The largest absolute Gasteiger partial charge is 0.308 e. The Bertz CT molecular complexity index is 2030. The Hall–Kier alpha value is -5.84. The number of hydrogen-bond donors (Lipinski definition) is 0. The van der Waals surface area contributed by atoms with Crippen molar-refractivity contribution in [1.29, 1.82) is 15.8 Å². The van der Waals surface area contributed by atoms with Gasteiger partial charge in [0, 0.05) is 16.3 Å². The van der Waals surface area contributed by atoms with E-state index in [0.717, 1.165) is 44.2 Å². The summed E-state index contributed by atoms with van der Waals surface area (Å²) < 4.78 is 2.12. The van der Waals surface area contributed by atoms with Gasteiger partial charge in [-0.15, -0.1) is 0 Å². The van der Waals surface area contributed by atoms with Crippen molar-refractivity contribution in [3.05, 3.63) is 107 Å². The van der Waals surface area contributed by atoms with Gasteiger partial charge in [-0.2, -0.15) is 15.8 Å². The van der Waals surface area contributed by atoms with E-state index in [1.165, 1.54) is 0 Å². The van der Waals surface area contributed by atoms with Crippen molar-refractivity contribution in [2.24, 2.45) is 0 Å². The Labute approximate surface area is 224 Å². The fraction of sp³-hybridized carbons (Fsp3) is 0.0625. The van der Waals surface area contributed by atoms with Crippen LogP contribution in [-0.2, 0) is 0 Å². The average molecular weight is 502 g/mol. The van der Waals surface area contributed by atoms with Crippen LogP contribution in [0.25, 0.3) is 50.0 Å². The van der Waals surface area contributed by atoms with Crippen LogP contribution in [-0.4, -0.2) is 19.5 Å². The zero-order valence-corrected chi connectivity index (χ0v) is 21.1. The van der Waals surface area contributed by atoms with Crippen molar-refractivity contribution in [1.82, 2.24) is 19.5 Å². The average Bonchev–Trinajstić information content (AvgIpc) is 3.29. The summed E-state index contributed by atoms with van der Waals surface area (Å²) >= 11 is 0. The molecule has 0 aliphatic rings. The van der Waals surface area contributed by atoms with Crippen LogP contribution in [0.1, 0.15) is 28.3 Å². The van der Waals surface area contributed by atoms with Crippen LogP contribution >= 0.6 is 0 Å². The number of aryl methyl sites for hydroxylation is 2. The third-order valence-corrected chi connectivity index (χ3v) is 6.67. The van der Waals surface area contributed by atoms with E-state index in [4.69, 9.17) is 0 Å². The Morgan fingerprint density at radius 1 is 0.590 bits per heavy atom. The fourth-order valence-corrected chi connectivity index (χ4v) is 5.04. The molecule has 0 atom stereocenters. The summed E-state index contributed by atoms with van der Waals surface area (Å²) in [6.07, 6.45) is 0. The summed E-state index contributed by atoms with van der Waals surface area (Å²) in [5.41, 5.74) is 6.42. The third kappa shape index (κ3) is 4.03. The number of nitrogens with zero attached hydrogens (tertiary/aromatic N) is 7. The van der Waals surface area contributed by atoms with E-state index in [9.17, 15) is 15.8 Å². The molecule has 0 radical (unpaired) electrons. The maximum atomic E-state index is 9.77. The number of nitriles is 3. The van der Waals surface area contributed by atoms with E-state index < -0.39 is 0 Å². The van der Waals surface area contributed by atoms with E-state index in [2.05, 4.69) is 55.9 Å². The lowest BCUT2D eigenvalue weighted by Crippen LogP contribution is -2.03. The van der Waals surface area contributed by atoms with Crippen LogP contribution in [0.2, 0.25) is 0 Å². The van der Waals surface area contributed by atoms with Gasteiger partial charge in [0.1, 0.15) is 11.6 Å². The number of benzene rings is 4. The molecule has 0 fully saturated rings. The highest BCUT2D eigenvalue weighted by Crippen LogP contribution is 2.38. The predicted octanol–water partition coefficient (Wildman–Crippen LogP) is 6.53. The summed E-state index contributed by atoms with van der Waals surface area (Å²) in [6, 6.07) is 31.4. The minimum absolute atomic E-state index is 0.425. The van der Waals surface area contributed by atoms with E-state index in [0.29, 0.717) is 34.2 Å². The van der Waals surface area contributed by atoms with Gasteiger partial charge in [0.25, 0.3) is 0 Å². The second-order valence-electron chi connectivity index (χ2n) is 9.20. The molecule has 0 bridgehead atoms. The van der Waals surface area contributed by atoms with Gasteiger partial charge in [-0.1, -0.05) is 30.3 Å². The summed E-state index contributed by atoms with van der Waals surface area (Å²) in [5.74, 6) is 1.76. The van der Waals surface area contributed by atoms with Crippen LogP contribution in [0, 0.1) is 47.8 Å². The van der Waals surface area contributed by atoms with Gasteiger partial charge in [0.2, 0.25) is 0 Å². The quantitative estimate of drug-likeness (QED) is 0.272. The Morgan fingerprint density at radius 2 is 1.26 bits per heavy atom. The highest BCUT2D eigenvalue weighted by molar-refractivity contribution is 6.10. The number of aromatic nitrogens is 4. The fourth-order valence-electron chi connectivity index (χ4n) is 5.04. The summed E-state index contributed by atoms with van der Waals surface area (Å²) in [5, 5.41) is 30.9. The number of rotatable bonds is 3. The molecule has 0 aliphatic heterocycles. The molecule has 0 spiro atoms. The number of para-hydroxylation sites is 1. The molecule has 0 aliphatic carbocycles. The minimum atomic E-state index is 0.425. The molecular formula is C32H19N7. The number of fused-ring (bicyclic) bond motifs is 3. The lowest BCUT2D eigenvalue weighted by Gasteiger charge is -2.14. The molecule has 39 heavy (non-hydrogen) atoms. The van der Waals surface area contributed by atoms with Crippen LogP contribution in [0.15, 0.2) is 78.9 Å². The molecule has 2 heterocycles. The van der Waals surface area contributed by atoms with Crippen LogP contribution in [0.4, 0.5) is 0 Å². The van der Waals surface area contributed by atoms with Gasteiger partial charge in [0.05, 0.1) is 51.6 Å². The summed E-state index contributed by atoms with van der Waals surface area (Å²) in [7, 11) is 0. The lowest BCUT2D eigenvalue weighted by molar-refractivity contribution is 0.926. The molecule has 0 unspecified atom stereocenters. The van der Waals surface area contributed by atoms with Gasteiger partial charge in [-0.3, -0.25) is 0 Å². The highest BCUT2D eigenvalue weighted by atomic mass is 15.0. The van der Waals surface area contributed by atoms with Gasteiger partial charge >= 0.3 is 0 Å². The first-order valence-corrected chi connectivity index (χ1v) is 12.2. The van der Waals surface area contributed by atoms with Gasteiger partial charge in [-0.25, -0.2) is 15.0 Å². The summed E-state index contributed by atoms with van der Waals surface area (Å²) in [4.78, 5) is 13.6. The maximum Gasteiger partial charge on any atom is 0.165 e. The molecule has 0 amide bonds. The second kappa shape index (κ2) is 9.23. The monoisotopic (exact) mass is 501 g/mol. The summed E-state index contributed by atoms with van der Waals surface area (Å²) in [6.45, 7) is 3.66. The van der Waals surface area contributed by atoms with Crippen molar-refractivity contribution in [2.75, 3.05) is 0 Å². The van der Waals surface area contributed by atoms with Crippen LogP contribution in [0.5, 0.6) is 0 Å². The molecule has 6 rings (SSSR count). The SMILES string of the molecule is Cc1nc(C)nc(-c2ccc(C#N)cc2-n2c3ccccc3c3ccc(-c4cc(C#N)cc(C#N)c4)cc32)n1. The first-order chi connectivity index (χ1) is 19.0. The van der Waals surface area contributed by atoms with E-state index in [-0.39, 0.29) is 0 Å². The zero-order chi connectivity index (χ0) is 27.1. The first-order valence-electron chi connectivity index (χ1n) is 12.2. The Kier molecular flexibility index (Phi) is 5.57. The van der Waals surface area contributed by atoms with E-state index in [1.807, 2.05) is 50.2 Å². The van der Waals surface area contributed by atoms with Crippen molar-refractivity contribution in [3.63, 3.8) is 0 Å². The number of hydrogen-bond acceptors (Lipinski definition) is 6. The predicted molar refractivity (Wildman–Crippen MR) is 149 cm³/mol. The maximum absolute atomic E-state index is 9.77. The van der Waals surface area contributed by atoms with Crippen molar-refractivity contribution < 1.29 is 0 Å². The minimum Gasteiger partial charge on any atom is -0.308 e. The standard InChI is InChI=1S/C32H19N7/c1-19-36-20(2)38-32(37-19)28-9-7-21(16-33)14-30(28)39-29-6-4-3-5-26(29)27-10-8-24(15-31(27)39)25-12-22(17-34)11-23(13-25)18-35/h3-15H,1-2H3. The van der Waals surface area contributed by atoms with Crippen molar-refractivity contribution in [3.8, 4) is 46.4 Å². The molecule has 182 valence electrons. The third-order valence-electron chi connectivity index (χ3n) is 6.67. The van der Waals surface area contributed by atoms with Crippen LogP contribution < -0.4 is 0 Å². The van der Waals surface area contributed by atoms with Crippen molar-refractivity contribution in [2.45, 2.75) is 13.8 Å². The highest BCUT2D eigenvalue weighted by Gasteiger charge is 2.19. The molecule has 7 heteroatoms. The van der Waals surface area contributed by atoms with Gasteiger partial charge < -0.3 is 4.57 Å². The molecule has 7 nitrogen and oxygen atoms in total. The molecular weight excluding hydrogens is 482 g/mol. The molecule has 0 saturated carbocycles. The van der Waals surface area contributed by atoms with E-state index in [1.54, 1.807) is 24.3 Å². The Morgan fingerprint density at radius 3 is 1.95 bits per heavy atom. The molecule has 0 N–H and O–H groups in total. The van der Waals surface area contributed by atoms with E-state index >= 15 is 0 Å². The van der Waals surface area contributed by atoms with Crippen LogP contribution in [0.3, 0.4) is 0 Å². The smallest absolute Gasteiger partial charge is 0.165 e. The normalized spacial score (nSPS) is 10.7. The lowest BCUT2D eigenvalue weighted by atomic mass is 9.99. The zero-order valence-electron chi connectivity index (χ0n) is 21.1. The topological polar surface area (TPSA) is 115 Å². The molecule has 6 aromatic rings. The van der Waals surface area contributed by atoms with Gasteiger partial charge in [-0.05, 0) is 73.5 Å². The second-order valence-corrected chi connectivity index (χ2v) is 9.20. The molecule has 0 saturated heterocycles.